The standard InChI is InChI=1S/C13H24BrN5O/c1-4-10-13(14)11(19(6-3)16-10)9-18(5-2)8-7-12(15)17-20/h20H,4-9H2,1-3H3,(H2,15,17). The second kappa shape index (κ2) is 8.26. The molecule has 0 radical (unpaired) electrons. The van der Waals surface area contributed by atoms with Gasteiger partial charge in [-0.3, -0.25) is 9.58 Å². The second-order valence-corrected chi connectivity index (χ2v) is 5.38. The first-order valence-electron chi connectivity index (χ1n) is 7.00. The third kappa shape index (κ3) is 4.21. The van der Waals surface area contributed by atoms with Crippen molar-refractivity contribution in [2.24, 2.45) is 10.9 Å². The zero-order chi connectivity index (χ0) is 15.1. The zero-order valence-electron chi connectivity index (χ0n) is 12.4. The molecule has 0 unspecified atom stereocenters. The Kier molecular flexibility index (Phi) is 7.01. The van der Waals surface area contributed by atoms with Crippen molar-refractivity contribution in [2.45, 2.75) is 46.7 Å². The van der Waals surface area contributed by atoms with Crippen LogP contribution in [0.5, 0.6) is 0 Å². The van der Waals surface area contributed by atoms with Crippen molar-refractivity contribution in [3.05, 3.63) is 15.9 Å². The molecule has 0 aromatic carbocycles. The summed E-state index contributed by atoms with van der Waals surface area (Å²) < 4.78 is 3.14. The van der Waals surface area contributed by atoms with E-state index in [0.29, 0.717) is 6.42 Å². The first kappa shape index (κ1) is 17.0. The number of halogens is 1. The number of amidine groups is 1. The number of rotatable bonds is 8. The van der Waals surface area contributed by atoms with Crippen LogP contribution in [0.4, 0.5) is 0 Å². The van der Waals surface area contributed by atoms with Crippen molar-refractivity contribution in [3.8, 4) is 0 Å². The number of aromatic nitrogens is 2. The summed E-state index contributed by atoms with van der Waals surface area (Å²) in [5.74, 6) is 0.265. The number of hydrogen-bond donors (Lipinski definition) is 2. The van der Waals surface area contributed by atoms with Crippen LogP contribution in [0.3, 0.4) is 0 Å². The minimum atomic E-state index is 0.265. The van der Waals surface area contributed by atoms with Gasteiger partial charge in [0.15, 0.2) is 0 Å². The molecule has 0 atom stereocenters. The highest BCUT2D eigenvalue weighted by molar-refractivity contribution is 9.10. The molecule has 0 aliphatic rings. The largest absolute Gasteiger partial charge is 0.409 e. The summed E-state index contributed by atoms with van der Waals surface area (Å²) in [4.78, 5) is 2.26. The molecule has 0 fully saturated rings. The molecule has 0 saturated carbocycles. The van der Waals surface area contributed by atoms with E-state index in [0.717, 1.165) is 42.8 Å². The van der Waals surface area contributed by atoms with Gasteiger partial charge in [-0.05, 0) is 35.8 Å². The number of oxime groups is 1. The van der Waals surface area contributed by atoms with Gasteiger partial charge in [0, 0.05) is 26.1 Å². The van der Waals surface area contributed by atoms with Crippen molar-refractivity contribution >= 4 is 21.8 Å². The Morgan fingerprint density at radius 2 is 2.15 bits per heavy atom. The van der Waals surface area contributed by atoms with E-state index < -0.39 is 0 Å². The van der Waals surface area contributed by atoms with Crippen molar-refractivity contribution in [1.29, 1.82) is 0 Å². The third-order valence-electron chi connectivity index (χ3n) is 3.33. The maximum absolute atomic E-state index is 8.59. The average Bonchev–Trinajstić information content (AvgIpc) is 2.78. The Bertz CT molecular complexity index is 458. The predicted molar refractivity (Wildman–Crippen MR) is 84.0 cm³/mol. The van der Waals surface area contributed by atoms with Gasteiger partial charge in [-0.2, -0.15) is 5.10 Å². The topological polar surface area (TPSA) is 79.7 Å². The lowest BCUT2D eigenvalue weighted by Gasteiger charge is -2.20. The zero-order valence-corrected chi connectivity index (χ0v) is 14.0. The number of nitrogens with two attached hydrogens (primary N) is 1. The van der Waals surface area contributed by atoms with Crippen LogP contribution in [-0.2, 0) is 19.5 Å². The van der Waals surface area contributed by atoms with Crippen LogP contribution in [0, 0.1) is 0 Å². The maximum Gasteiger partial charge on any atom is 0.140 e. The van der Waals surface area contributed by atoms with Crippen LogP contribution in [0.15, 0.2) is 9.63 Å². The van der Waals surface area contributed by atoms with Gasteiger partial charge >= 0.3 is 0 Å². The van der Waals surface area contributed by atoms with E-state index in [2.05, 4.69) is 51.9 Å². The Balaban J connectivity index is 2.81. The molecule has 7 heteroatoms. The van der Waals surface area contributed by atoms with E-state index in [1.165, 1.54) is 5.69 Å². The van der Waals surface area contributed by atoms with Gasteiger partial charge in [-0.15, -0.1) is 0 Å². The normalized spacial score (nSPS) is 12.3. The molecule has 0 amide bonds. The summed E-state index contributed by atoms with van der Waals surface area (Å²) in [5.41, 5.74) is 7.81. The monoisotopic (exact) mass is 345 g/mol. The van der Waals surface area contributed by atoms with Crippen LogP contribution in [0.2, 0.25) is 0 Å². The fraction of sp³-hybridized carbons (Fsp3) is 0.692. The fourth-order valence-corrected chi connectivity index (χ4v) is 2.74. The van der Waals surface area contributed by atoms with Gasteiger partial charge in [-0.25, -0.2) is 0 Å². The Labute approximate surface area is 128 Å². The summed E-state index contributed by atoms with van der Waals surface area (Å²) in [6.07, 6.45) is 1.47. The van der Waals surface area contributed by atoms with Crippen molar-refractivity contribution in [1.82, 2.24) is 14.7 Å². The third-order valence-corrected chi connectivity index (χ3v) is 4.24. The lowest BCUT2D eigenvalue weighted by molar-refractivity contribution is 0.274. The van der Waals surface area contributed by atoms with E-state index in [-0.39, 0.29) is 5.84 Å². The second-order valence-electron chi connectivity index (χ2n) is 4.59. The van der Waals surface area contributed by atoms with E-state index in [1.54, 1.807) is 0 Å². The summed E-state index contributed by atoms with van der Waals surface area (Å²) in [6.45, 7) is 9.62. The Morgan fingerprint density at radius 3 is 2.65 bits per heavy atom. The first-order valence-corrected chi connectivity index (χ1v) is 7.79. The van der Waals surface area contributed by atoms with Crippen molar-refractivity contribution < 1.29 is 5.21 Å². The van der Waals surface area contributed by atoms with Gasteiger partial charge in [0.05, 0.1) is 15.9 Å². The highest BCUT2D eigenvalue weighted by atomic mass is 79.9. The Hall–Kier alpha value is -1.08. The van der Waals surface area contributed by atoms with Crippen LogP contribution >= 0.6 is 15.9 Å². The van der Waals surface area contributed by atoms with Gasteiger partial charge in [0.2, 0.25) is 0 Å². The quantitative estimate of drug-likeness (QED) is 0.327. The molecule has 0 aliphatic carbocycles. The smallest absolute Gasteiger partial charge is 0.140 e. The molecule has 1 rings (SSSR count). The molecule has 1 heterocycles. The molecule has 1 aromatic heterocycles. The van der Waals surface area contributed by atoms with Gasteiger partial charge < -0.3 is 10.9 Å². The summed E-state index contributed by atoms with van der Waals surface area (Å²) in [6, 6.07) is 0. The van der Waals surface area contributed by atoms with Crippen LogP contribution in [-0.4, -0.2) is 38.8 Å². The SMILES string of the molecule is CCc1nn(CC)c(CN(CC)CCC(N)=NO)c1Br. The van der Waals surface area contributed by atoms with E-state index in [4.69, 9.17) is 10.9 Å². The molecule has 0 bridgehead atoms. The first-order chi connectivity index (χ1) is 9.57. The number of hydrogen-bond acceptors (Lipinski definition) is 4. The molecular weight excluding hydrogens is 322 g/mol. The molecule has 0 spiro atoms. The fourth-order valence-electron chi connectivity index (χ4n) is 2.05. The maximum atomic E-state index is 8.59. The summed E-state index contributed by atoms with van der Waals surface area (Å²) in [5, 5.41) is 16.2. The van der Waals surface area contributed by atoms with Crippen LogP contribution in [0.25, 0.3) is 0 Å². The number of nitrogens with zero attached hydrogens (tertiary/aromatic N) is 4. The molecule has 114 valence electrons. The number of aryl methyl sites for hydroxylation is 2. The molecule has 1 aromatic rings. The molecule has 3 N–H and O–H groups in total. The van der Waals surface area contributed by atoms with Crippen LogP contribution in [0.1, 0.15) is 38.6 Å². The minimum Gasteiger partial charge on any atom is -0.409 e. The molecular formula is C13H24BrN5O. The van der Waals surface area contributed by atoms with Gasteiger partial charge in [-0.1, -0.05) is 19.0 Å². The molecule has 20 heavy (non-hydrogen) atoms. The van der Waals surface area contributed by atoms with E-state index in [9.17, 15) is 0 Å². The van der Waals surface area contributed by atoms with E-state index in [1.807, 2.05) is 4.68 Å². The van der Waals surface area contributed by atoms with Crippen LogP contribution < -0.4 is 5.73 Å². The Morgan fingerprint density at radius 1 is 1.45 bits per heavy atom. The molecule has 0 saturated heterocycles. The lowest BCUT2D eigenvalue weighted by atomic mass is 10.2. The van der Waals surface area contributed by atoms with E-state index >= 15 is 0 Å². The van der Waals surface area contributed by atoms with Crippen molar-refractivity contribution in [3.63, 3.8) is 0 Å². The van der Waals surface area contributed by atoms with Gasteiger partial charge in [0.25, 0.3) is 0 Å². The predicted octanol–water partition coefficient (Wildman–Crippen LogP) is 2.19. The van der Waals surface area contributed by atoms with Gasteiger partial charge in [0.1, 0.15) is 5.84 Å². The average molecular weight is 346 g/mol. The highest BCUT2D eigenvalue weighted by Gasteiger charge is 2.16. The molecule has 6 nitrogen and oxygen atoms in total. The summed E-state index contributed by atoms with van der Waals surface area (Å²) in [7, 11) is 0. The minimum absolute atomic E-state index is 0.265. The molecule has 0 aliphatic heterocycles. The lowest BCUT2D eigenvalue weighted by Crippen LogP contribution is -2.29. The highest BCUT2D eigenvalue weighted by Crippen LogP contribution is 2.23. The van der Waals surface area contributed by atoms with Crippen molar-refractivity contribution in [2.75, 3.05) is 13.1 Å². The summed E-state index contributed by atoms with van der Waals surface area (Å²) >= 11 is 3.66.